The van der Waals surface area contributed by atoms with Gasteiger partial charge in [0.2, 0.25) is 0 Å². The monoisotopic (exact) mass is 434 g/mol. The molecule has 0 spiro atoms. The summed E-state index contributed by atoms with van der Waals surface area (Å²) in [7, 11) is 0. The fourth-order valence-corrected chi connectivity index (χ4v) is 5.02. The van der Waals surface area contributed by atoms with E-state index in [4.69, 9.17) is 14.3 Å². The number of rotatable bonds is 6. The Labute approximate surface area is 189 Å². The van der Waals surface area contributed by atoms with Gasteiger partial charge in [-0.15, -0.1) is 0 Å². The summed E-state index contributed by atoms with van der Waals surface area (Å²) < 4.78 is 20.0. The molecule has 32 heavy (non-hydrogen) atoms. The number of halogens is 1. The molecule has 0 N–H and O–H groups in total. The van der Waals surface area contributed by atoms with Crippen LogP contribution in [-0.4, -0.2) is 12.3 Å². The van der Waals surface area contributed by atoms with Gasteiger partial charge < -0.3 is 4.74 Å². The maximum atomic E-state index is 14.4. The molecule has 3 aromatic rings. The largest absolute Gasteiger partial charge is 0.488 e. The number of hydrogen-bond acceptors (Lipinski definition) is 3. The number of ether oxygens (including phenoxy) is 1. The Morgan fingerprint density at radius 2 is 1.72 bits per heavy atom. The normalized spacial score (nSPS) is 18.7. The van der Waals surface area contributed by atoms with E-state index in [9.17, 15) is 4.39 Å². The van der Waals surface area contributed by atoms with Crippen molar-refractivity contribution in [3.8, 4) is 5.75 Å². The summed E-state index contributed by atoms with van der Waals surface area (Å²) in [6.45, 7) is 6.20. The van der Waals surface area contributed by atoms with Gasteiger partial charge in [-0.3, -0.25) is 0 Å². The molecule has 0 heterocycles. The molecule has 3 nitrogen and oxygen atoms in total. The first-order valence-corrected chi connectivity index (χ1v) is 11.4. The maximum Gasteiger partial charge on any atom is 0.373 e. The molecular formula is C28H31FO3. The lowest BCUT2D eigenvalue weighted by Gasteiger charge is -2.19. The zero-order chi connectivity index (χ0) is 23.1. The van der Waals surface area contributed by atoms with E-state index in [-0.39, 0.29) is 18.1 Å². The van der Waals surface area contributed by atoms with Gasteiger partial charge in [-0.1, -0.05) is 55.5 Å². The van der Waals surface area contributed by atoms with E-state index in [1.165, 1.54) is 29.2 Å². The van der Waals surface area contributed by atoms with Gasteiger partial charge in [-0.05, 0) is 91.3 Å². The third kappa shape index (κ3) is 5.83. The van der Waals surface area contributed by atoms with E-state index < -0.39 is 0 Å². The Bertz CT molecular complexity index is 1060. The number of fused-ring (bicyclic) bond motifs is 1. The van der Waals surface area contributed by atoms with Crippen molar-refractivity contribution < 1.29 is 18.7 Å². The molecule has 1 saturated carbocycles. The van der Waals surface area contributed by atoms with Crippen LogP contribution in [0.3, 0.4) is 0 Å². The topological polar surface area (TPSA) is 43.4 Å². The molecule has 0 aliphatic heterocycles. The van der Waals surface area contributed by atoms with Crippen molar-refractivity contribution >= 4 is 16.9 Å². The van der Waals surface area contributed by atoms with Crippen LogP contribution in [0.4, 0.5) is 4.39 Å². The zero-order valence-electron chi connectivity index (χ0n) is 19.0. The van der Waals surface area contributed by atoms with Crippen molar-refractivity contribution in [2.75, 3.05) is 0 Å². The van der Waals surface area contributed by atoms with Crippen molar-refractivity contribution in [1.29, 1.82) is 0 Å². The van der Waals surface area contributed by atoms with Crippen molar-refractivity contribution in [3.63, 3.8) is 0 Å². The van der Waals surface area contributed by atoms with Crippen LogP contribution in [0.15, 0.2) is 60.7 Å². The Balaban J connectivity index is 0.000000913. The third-order valence-electron chi connectivity index (χ3n) is 6.37. The summed E-state index contributed by atoms with van der Waals surface area (Å²) in [5.74, 6) is 1.82. The predicted molar refractivity (Wildman–Crippen MR) is 124 cm³/mol. The lowest BCUT2D eigenvalue weighted by molar-refractivity contribution is -0.191. The maximum absolute atomic E-state index is 14.4. The van der Waals surface area contributed by atoms with Gasteiger partial charge in [0.1, 0.15) is 0 Å². The Hall–Kier alpha value is -2.97. The van der Waals surface area contributed by atoms with E-state index in [1.54, 1.807) is 12.1 Å². The molecule has 1 aliphatic carbocycles. The Morgan fingerprint density at radius 3 is 2.44 bits per heavy atom. The quantitative estimate of drug-likeness (QED) is 0.410. The van der Waals surface area contributed by atoms with Gasteiger partial charge in [0, 0.05) is 0 Å². The van der Waals surface area contributed by atoms with Crippen molar-refractivity contribution in [1.82, 2.24) is 0 Å². The second-order valence-electron chi connectivity index (χ2n) is 9.02. The minimum Gasteiger partial charge on any atom is -0.488 e. The molecule has 0 aromatic heterocycles. The predicted octanol–water partition coefficient (Wildman–Crippen LogP) is 7.26. The molecule has 0 amide bonds. The molecule has 3 atom stereocenters. The Morgan fingerprint density at radius 1 is 1.00 bits per heavy atom. The highest BCUT2D eigenvalue weighted by molar-refractivity contribution is 5.86. The smallest absolute Gasteiger partial charge is 0.373 e. The van der Waals surface area contributed by atoms with Gasteiger partial charge >= 0.3 is 6.15 Å². The van der Waals surface area contributed by atoms with Crippen molar-refractivity contribution in [2.45, 2.75) is 64.4 Å². The highest BCUT2D eigenvalue weighted by atomic mass is 19.1. The average Bonchev–Trinajstić information content (AvgIpc) is 3.23. The first-order valence-electron chi connectivity index (χ1n) is 11.4. The Kier molecular flexibility index (Phi) is 8.19. The highest BCUT2D eigenvalue weighted by Crippen LogP contribution is 2.43. The summed E-state index contributed by atoms with van der Waals surface area (Å²) in [5, 5.41) is 2.69. The summed E-state index contributed by atoms with van der Waals surface area (Å²) in [4.78, 5) is 16.2. The molecule has 3 aromatic carbocycles. The van der Waals surface area contributed by atoms with Crippen LogP contribution in [0.5, 0.6) is 5.75 Å². The molecule has 1 aliphatic rings. The summed E-state index contributed by atoms with van der Waals surface area (Å²) in [5.41, 5.74) is 2.58. The molecule has 1 fully saturated rings. The van der Waals surface area contributed by atoms with Crippen molar-refractivity contribution in [2.24, 2.45) is 5.92 Å². The van der Waals surface area contributed by atoms with E-state index in [0.717, 1.165) is 18.4 Å². The molecule has 168 valence electrons. The third-order valence-corrected chi connectivity index (χ3v) is 6.37. The highest BCUT2D eigenvalue weighted by Gasteiger charge is 2.28. The second-order valence-corrected chi connectivity index (χ2v) is 9.02. The lowest BCUT2D eigenvalue weighted by Crippen LogP contribution is -2.07. The van der Waals surface area contributed by atoms with Crippen LogP contribution >= 0.6 is 0 Å². The van der Waals surface area contributed by atoms with Crippen LogP contribution in [-0.2, 0) is 9.59 Å². The molecule has 4 rings (SSSR count). The van der Waals surface area contributed by atoms with E-state index in [2.05, 4.69) is 55.5 Å². The van der Waals surface area contributed by atoms with Crippen molar-refractivity contribution in [3.05, 3.63) is 77.6 Å². The van der Waals surface area contributed by atoms with Crippen LogP contribution in [0.2, 0.25) is 0 Å². The van der Waals surface area contributed by atoms with Crippen LogP contribution < -0.4 is 4.74 Å². The fourth-order valence-electron chi connectivity index (χ4n) is 5.02. The number of hydrogen-bond donors (Lipinski definition) is 0. The summed E-state index contributed by atoms with van der Waals surface area (Å²) in [6.07, 6.45) is 4.96. The van der Waals surface area contributed by atoms with Crippen LogP contribution in [0, 0.1) is 11.7 Å². The minimum atomic E-state index is -0.233. The van der Waals surface area contributed by atoms with Gasteiger partial charge in [0.05, 0.1) is 6.10 Å². The van der Waals surface area contributed by atoms with Gasteiger partial charge in [0.15, 0.2) is 11.6 Å². The number of carbonyl (C=O) groups excluding carboxylic acids is 2. The lowest BCUT2D eigenvalue weighted by atomic mass is 9.86. The van der Waals surface area contributed by atoms with Gasteiger partial charge in [-0.25, -0.2) is 4.39 Å². The SMILES string of the molecule is CC(C)Oc1ccc([C@@H]2CC[C@H](C[C@H](C)c3cccc4ccccc34)C2)cc1F.O=C=O. The first kappa shape index (κ1) is 23.7. The van der Waals surface area contributed by atoms with E-state index in [0.29, 0.717) is 23.5 Å². The standard InChI is InChI=1S/C27H31FO.CO2/c1-18(2)29-27-14-13-23(17-26(27)28)22-12-11-20(16-22)15-19(3)24-10-6-8-21-7-4-5-9-25(21)24;2-1-3/h4-10,13-14,17-20,22H,11-12,15-16H2,1-3H3;/t19-,20+,22+;/m0./s1. The van der Waals surface area contributed by atoms with Gasteiger partial charge in [0.25, 0.3) is 0 Å². The molecule has 0 bridgehead atoms. The van der Waals surface area contributed by atoms with E-state index >= 15 is 0 Å². The molecule has 0 radical (unpaired) electrons. The molecule has 0 saturated heterocycles. The molecule has 0 unspecified atom stereocenters. The molecule has 4 heteroatoms. The fraction of sp³-hybridized carbons (Fsp3) is 0.393. The summed E-state index contributed by atoms with van der Waals surface area (Å²) in [6, 6.07) is 20.9. The van der Waals surface area contributed by atoms with Gasteiger partial charge in [-0.2, -0.15) is 9.59 Å². The zero-order valence-corrected chi connectivity index (χ0v) is 19.0. The van der Waals surface area contributed by atoms with E-state index in [1.807, 2.05) is 13.8 Å². The van der Waals surface area contributed by atoms with Crippen LogP contribution in [0.25, 0.3) is 10.8 Å². The van der Waals surface area contributed by atoms with Crippen LogP contribution in [0.1, 0.15) is 69.4 Å². The number of benzene rings is 3. The average molecular weight is 435 g/mol. The first-order chi connectivity index (χ1) is 15.4. The second kappa shape index (κ2) is 11.1. The summed E-state index contributed by atoms with van der Waals surface area (Å²) >= 11 is 0. The minimum absolute atomic E-state index is 0.0123. The molecular weight excluding hydrogens is 403 g/mol.